The summed E-state index contributed by atoms with van der Waals surface area (Å²) >= 11 is 0. The molecule has 194 valence electrons. The highest BCUT2D eigenvalue weighted by Crippen LogP contribution is 2.38. The Morgan fingerprint density at radius 1 is 1.11 bits per heavy atom. The van der Waals surface area contributed by atoms with E-state index in [0.29, 0.717) is 24.1 Å². The number of fused-ring (bicyclic) bond motifs is 2. The van der Waals surface area contributed by atoms with E-state index in [4.69, 9.17) is 10.7 Å². The standard InChI is InChI=1S/C31H34N6O/c1-20(22-7-3-2-4-8-22)17-27(38)34-19-21-11-13-23(14-12-21)31-36-28(29-30(32)33-15-16-37(29)31)26-18-24-9-5-6-10-25(24)35-26/h2-10,15-16,18,20-21,23,35H,11-14,17,19H2,1H3,(H2,32,33)(H,34,38). The third-order valence-corrected chi connectivity index (χ3v) is 8.06. The summed E-state index contributed by atoms with van der Waals surface area (Å²) in [5.74, 6) is 2.71. The van der Waals surface area contributed by atoms with E-state index >= 15 is 0 Å². The molecule has 7 nitrogen and oxygen atoms in total. The lowest BCUT2D eigenvalue weighted by Gasteiger charge is -2.28. The zero-order chi connectivity index (χ0) is 26.1. The number of benzene rings is 2. The van der Waals surface area contributed by atoms with Crippen LogP contribution in [0.4, 0.5) is 5.82 Å². The monoisotopic (exact) mass is 506 g/mol. The van der Waals surface area contributed by atoms with Gasteiger partial charge in [0.05, 0.1) is 5.69 Å². The number of hydrogen-bond donors (Lipinski definition) is 3. The van der Waals surface area contributed by atoms with Crippen molar-refractivity contribution in [1.29, 1.82) is 0 Å². The molecule has 1 fully saturated rings. The second kappa shape index (κ2) is 10.3. The van der Waals surface area contributed by atoms with Crippen molar-refractivity contribution in [3.8, 4) is 11.4 Å². The number of hydrogen-bond acceptors (Lipinski definition) is 4. The van der Waals surface area contributed by atoms with Gasteiger partial charge in [0, 0.05) is 42.2 Å². The summed E-state index contributed by atoms with van der Waals surface area (Å²) in [5.41, 5.74) is 11.3. The highest BCUT2D eigenvalue weighted by molar-refractivity contribution is 5.91. The van der Waals surface area contributed by atoms with E-state index in [-0.39, 0.29) is 11.8 Å². The van der Waals surface area contributed by atoms with E-state index in [0.717, 1.165) is 65.9 Å². The first kappa shape index (κ1) is 24.2. The number of H-pyrrole nitrogens is 1. The van der Waals surface area contributed by atoms with Gasteiger partial charge in [-0.05, 0) is 55.2 Å². The predicted octanol–water partition coefficient (Wildman–Crippen LogP) is 6.04. The van der Waals surface area contributed by atoms with Crippen molar-refractivity contribution in [3.05, 3.63) is 84.4 Å². The van der Waals surface area contributed by atoms with Gasteiger partial charge in [-0.15, -0.1) is 0 Å². The molecule has 7 heteroatoms. The lowest BCUT2D eigenvalue weighted by molar-refractivity contribution is -0.121. The first-order valence-electron chi connectivity index (χ1n) is 13.6. The van der Waals surface area contributed by atoms with Crippen LogP contribution >= 0.6 is 0 Å². The van der Waals surface area contributed by atoms with Gasteiger partial charge in [0.15, 0.2) is 0 Å². The van der Waals surface area contributed by atoms with E-state index in [1.807, 2.05) is 36.5 Å². The molecule has 0 spiro atoms. The van der Waals surface area contributed by atoms with Crippen LogP contribution in [0.5, 0.6) is 0 Å². The van der Waals surface area contributed by atoms with Crippen LogP contribution in [0.15, 0.2) is 73.1 Å². The largest absolute Gasteiger partial charge is 0.382 e. The molecule has 38 heavy (non-hydrogen) atoms. The third kappa shape index (κ3) is 4.76. The molecule has 1 amide bonds. The number of aromatic nitrogens is 4. The van der Waals surface area contributed by atoms with Gasteiger partial charge < -0.3 is 16.0 Å². The molecule has 1 unspecified atom stereocenters. The Kier molecular flexibility index (Phi) is 6.58. The summed E-state index contributed by atoms with van der Waals surface area (Å²) < 4.78 is 2.13. The smallest absolute Gasteiger partial charge is 0.220 e. The quantitative estimate of drug-likeness (QED) is 0.250. The Hall–Kier alpha value is -4.13. The molecule has 4 N–H and O–H groups in total. The van der Waals surface area contributed by atoms with Gasteiger partial charge in [-0.1, -0.05) is 55.5 Å². The Morgan fingerprint density at radius 2 is 1.87 bits per heavy atom. The number of nitrogens with zero attached hydrogens (tertiary/aromatic N) is 3. The average Bonchev–Trinajstić information content (AvgIpc) is 3.55. The Labute approximate surface area is 222 Å². The first-order chi connectivity index (χ1) is 18.6. The van der Waals surface area contributed by atoms with Crippen molar-refractivity contribution in [3.63, 3.8) is 0 Å². The zero-order valence-corrected chi connectivity index (χ0v) is 21.7. The molecule has 3 aromatic heterocycles. The number of imidazole rings is 1. The maximum absolute atomic E-state index is 12.6. The van der Waals surface area contributed by atoms with Gasteiger partial charge in [0.25, 0.3) is 0 Å². The second-order valence-corrected chi connectivity index (χ2v) is 10.7. The van der Waals surface area contributed by atoms with Crippen molar-refractivity contribution < 1.29 is 4.79 Å². The number of aromatic amines is 1. The van der Waals surface area contributed by atoms with E-state index in [1.54, 1.807) is 6.20 Å². The van der Waals surface area contributed by atoms with Crippen LogP contribution in [0.2, 0.25) is 0 Å². The molecular weight excluding hydrogens is 472 g/mol. The number of nitrogens with two attached hydrogens (primary N) is 1. The highest BCUT2D eigenvalue weighted by atomic mass is 16.1. The number of carbonyl (C=O) groups excluding carboxylic acids is 1. The predicted molar refractivity (Wildman–Crippen MR) is 152 cm³/mol. The molecule has 5 aromatic rings. The lowest BCUT2D eigenvalue weighted by atomic mass is 9.81. The number of nitrogen functional groups attached to an aromatic ring is 1. The maximum atomic E-state index is 12.6. The third-order valence-electron chi connectivity index (χ3n) is 8.06. The van der Waals surface area contributed by atoms with Gasteiger partial charge >= 0.3 is 0 Å². The van der Waals surface area contributed by atoms with Crippen molar-refractivity contribution in [2.45, 2.75) is 50.9 Å². The Bertz CT molecular complexity index is 1530. The molecule has 1 aliphatic carbocycles. The van der Waals surface area contributed by atoms with Crippen LogP contribution in [0.3, 0.4) is 0 Å². The van der Waals surface area contributed by atoms with E-state index in [9.17, 15) is 4.79 Å². The minimum Gasteiger partial charge on any atom is -0.382 e. The summed E-state index contributed by atoms with van der Waals surface area (Å²) in [6, 6.07) is 20.6. The molecule has 1 atom stereocenters. The number of anilines is 1. The zero-order valence-electron chi connectivity index (χ0n) is 21.7. The topological polar surface area (TPSA) is 101 Å². The Morgan fingerprint density at radius 3 is 2.66 bits per heavy atom. The molecule has 0 bridgehead atoms. The van der Waals surface area contributed by atoms with E-state index < -0.39 is 0 Å². The normalized spacial score (nSPS) is 18.6. The van der Waals surface area contributed by atoms with Gasteiger partial charge in [-0.25, -0.2) is 9.97 Å². The summed E-state index contributed by atoms with van der Waals surface area (Å²) in [6.07, 6.45) is 8.45. The summed E-state index contributed by atoms with van der Waals surface area (Å²) in [6.45, 7) is 2.86. The molecule has 1 saturated carbocycles. The van der Waals surface area contributed by atoms with E-state index in [1.165, 1.54) is 5.56 Å². The maximum Gasteiger partial charge on any atom is 0.220 e. The SMILES string of the molecule is CC(CC(=O)NCC1CCC(c2nc(-c3cc4ccccc4[nH]3)c3c(N)nccn23)CC1)c1ccccc1. The van der Waals surface area contributed by atoms with Crippen LogP contribution in [-0.4, -0.2) is 31.8 Å². The molecule has 0 radical (unpaired) electrons. The number of para-hydroxylation sites is 1. The average molecular weight is 507 g/mol. The minimum atomic E-state index is 0.133. The van der Waals surface area contributed by atoms with Crippen molar-refractivity contribution in [2.24, 2.45) is 5.92 Å². The number of rotatable bonds is 7. The van der Waals surface area contributed by atoms with Crippen LogP contribution in [0, 0.1) is 5.92 Å². The summed E-state index contributed by atoms with van der Waals surface area (Å²) in [7, 11) is 0. The molecular formula is C31H34N6O. The molecule has 0 aliphatic heterocycles. The number of nitrogens with one attached hydrogen (secondary N) is 2. The van der Waals surface area contributed by atoms with Crippen LogP contribution < -0.4 is 11.1 Å². The second-order valence-electron chi connectivity index (χ2n) is 10.7. The molecule has 1 aliphatic rings. The fraction of sp³-hybridized carbons (Fsp3) is 0.323. The molecule has 3 heterocycles. The highest BCUT2D eigenvalue weighted by Gasteiger charge is 2.28. The first-order valence-corrected chi connectivity index (χ1v) is 13.6. The van der Waals surface area contributed by atoms with Crippen LogP contribution in [0.25, 0.3) is 27.8 Å². The lowest BCUT2D eigenvalue weighted by Crippen LogP contribution is -2.31. The van der Waals surface area contributed by atoms with Gasteiger partial charge in [-0.3, -0.25) is 9.20 Å². The Balaban J connectivity index is 1.13. The van der Waals surface area contributed by atoms with Gasteiger partial charge in [-0.2, -0.15) is 0 Å². The summed E-state index contributed by atoms with van der Waals surface area (Å²) in [5, 5.41) is 4.34. The number of amides is 1. The molecule has 6 rings (SSSR count). The molecule has 0 saturated heterocycles. The van der Waals surface area contributed by atoms with Crippen molar-refractivity contribution in [2.75, 3.05) is 12.3 Å². The fourth-order valence-corrected chi connectivity index (χ4v) is 5.90. The van der Waals surface area contributed by atoms with Crippen molar-refractivity contribution >= 4 is 28.1 Å². The van der Waals surface area contributed by atoms with Crippen LogP contribution in [-0.2, 0) is 4.79 Å². The van der Waals surface area contributed by atoms with Crippen molar-refractivity contribution in [1.82, 2.24) is 24.7 Å². The van der Waals surface area contributed by atoms with Gasteiger partial charge in [0.2, 0.25) is 5.91 Å². The number of carbonyl (C=O) groups is 1. The van der Waals surface area contributed by atoms with Gasteiger partial charge in [0.1, 0.15) is 22.9 Å². The fourth-order valence-electron chi connectivity index (χ4n) is 5.90. The van der Waals surface area contributed by atoms with Crippen LogP contribution in [0.1, 0.15) is 62.3 Å². The van der Waals surface area contributed by atoms with E-state index in [2.05, 4.69) is 56.9 Å². The summed E-state index contributed by atoms with van der Waals surface area (Å²) in [4.78, 5) is 25.6. The molecule has 2 aromatic carbocycles. The minimum absolute atomic E-state index is 0.133.